The molecule has 0 atom stereocenters. The van der Waals surface area contributed by atoms with E-state index in [1.54, 1.807) is 26.2 Å². The number of esters is 1. The van der Waals surface area contributed by atoms with Crippen LogP contribution in [0.4, 0.5) is 5.69 Å². The van der Waals surface area contributed by atoms with Gasteiger partial charge in [0.1, 0.15) is 5.75 Å². The summed E-state index contributed by atoms with van der Waals surface area (Å²) in [5.41, 5.74) is 1.27. The molecule has 2 rings (SSSR count). The lowest BCUT2D eigenvalue weighted by Crippen LogP contribution is -2.18. The minimum absolute atomic E-state index is 0.00558. The first-order valence-electron chi connectivity index (χ1n) is 9.15. The van der Waals surface area contributed by atoms with Crippen molar-refractivity contribution < 1.29 is 32.2 Å². The summed E-state index contributed by atoms with van der Waals surface area (Å²) >= 11 is 0. The Bertz CT molecular complexity index is 1050. The van der Waals surface area contributed by atoms with Gasteiger partial charge >= 0.3 is 5.97 Å². The molecule has 0 aliphatic heterocycles. The first kappa shape index (κ1) is 23.3. The fourth-order valence-electron chi connectivity index (χ4n) is 3.04. The van der Waals surface area contributed by atoms with E-state index < -0.39 is 16.0 Å². The Kier molecular flexibility index (Phi) is 7.20. The average Bonchev–Trinajstić information content (AvgIpc) is 2.71. The number of rotatable bonds is 8. The van der Waals surface area contributed by atoms with Gasteiger partial charge in [0.25, 0.3) is 10.0 Å². The Morgan fingerprint density at radius 1 is 0.900 bits per heavy atom. The molecule has 2 aromatic carbocycles. The van der Waals surface area contributed by atoms with E-state index in [1.807, 2.05) is 13.8 Å². The van der Waals surface area contributed by atoms with E-state index in [2.05, 4.69) is 4.72 Å². The van der Waals surface area contributed by atoms with Crippen LogP contribution in [-0.2, 0) is 14.8 Å². The van der Waals surface area contributed by atoms with Gasteiger partial charge < -0.3 is 18.9 Å². The zero-order valence-corrected chi connectivity index (χ0v) is 19.0. The number of carbonyl (C=O) groups is 1. The SMILES string of the molecule is COC(=O)c1cc(OC)c(OC)cc1NS(=O)(=O)c1cc(C(C)C)c(OC)cc1C. The van der Waals surface area contributed by atoms with Crippen molar-refractivity contribution in [3.8, 4) is 17.2 Å². The van der Waals surface area contributed by atoms with E-state index in [9.17, 15) is 13.2 Å². The van der Waals surface area contributed by atoms with Crippen LogP contribution in [0.15, 0.2) is 29.2 Å². The third kappa shape index (κ3) is 4.62. The highest BCUT2D eigenvalue weighted by molar-refractivity contribution is 7.92. The number of ether oxygens (including phenoxy) is 4. The standard InChI is InChI=1S/C21H27NO7S/c1-12(2)14-10-20(13(3)8-17(14)26-4)30(24,25)22-16-11-19(28-6)18(27-5)9-15(16)21(23)29-7/h8-12,22H,1-7H3. The third-order valence-electron chi connectivity index (χ3n) is 4.61. The number of methoxy groups -OCH3 is 4. The highest BCUT2D eigenvalue weighted by Gasteiger charge is 2.25. The Morgan fingerprint density at radius 3 is 1.97 bits per heavy atom. The zero-order chi connectivity index (χ0) is 22.6. The van der Waals surface area contributed by atoms with Crippen molar-refractivity contribution >= 4 is 21.7 Å². The molecule has 0 unspecified atom stereocenters. The minimum atomic E-state index is -4.04. The van der Waals surface area contributed by atoms with Crippen molar-refractivity contribution in [2.45, 2.75) is 31.6 Å². The van der Waals surface area contributed by atoms with Crippen molar-refractivity contribution in [2.75, 3.05) is 33.2 Å². The molecule has 0 bridgehead atoms. The number of hydrogen-bond donors (Lipinski definition) is 1. The van der Waals surface area contributed by atoms with Gasteiger partial charge in [-0.2, -0.15) is 0 Å². The van der Waals surface area contributed by atoms with Crippen LogP contribution in [0.2, 0.25) is 0 Å². The molecule has 9 heteroatoms. The summed E-state index contributed by atoms with van der Waals surface area (Å²) in [4.78, 5) is 12.3. The lowest BCUT2D eigenvalue weighted by Gasteiger charge is -2.18. The molecule has 164 valence electrons. The fourth-order valence-corrected chi connectivity index (χ4v) is 4.37. The van der Waals surface area contributed by atoms with E-state index >= 15 is 0 Å². The van der Waals surface area contributed by atoms with Gasteiger partial charge in [-0.15, -0.1) is 0 Å². The van der Waals surface area contributed by atoms with Crippen molar-refractivity contribution in [1.82, 2.24) is 0 Å². The maximum atomic E-state index is 13.2. The predicted molar refractivity (Wildman–Crippen MR) is 114 cm³/mol. The van der Waals surface area contributed by atoms with Gasteiger partial charge in [-0.1, -0.05) is 13.8 Å². The number of nitrogens with one attached hydrogen (secondary N) is 1. The normalized spacial score (nSPS) is 11.2. The molecule has 0 fully saturated rings. The zero-order valence-electron chi connectivity index (χ0n) is 18.2. The molecule has 30 heavy (non-hydrogen) atoms. The number of carbonyl (C=O) groups excluding carboxylic acids is 1. The van der Waals surface area contributed by atoms with Crippen molar-refractivity contribution in [3.63, 3.8) is 0 Å². The van der Waals surface area contributed by atoms with E-state index in [1.165, 1.54) is 33.5 Å². The van der Waals surface area contributed by atoms with Crippen LogP contribution in [-0.4, -0.2) is 42.8 Å². The van der Waals surface area contributed by atoms with Gasteiger partial charge in [-0.05, 0) is 36.1 Å². The molecule has 0 amide bonds. The molecule has 8 nitrogen and oxygen atoms in total. The molecule has 0 aliphatic rings. The molecule has 2 aromatic rings. The van der Waals surface area contributed by atoms with Gasteiger partial charge in [0, 0.05) is 12.1 Å². The van der Waals surface area contributed by atoms with Crippen molar-refractivity contribution in [1.29, 1.82) is 0 Å². The topological polar surface area (TPSA) is 100 Å². The van der Waals surface area contributed by atoms with E-state index in [0.29, 0.717) is 11.3 Å². The summed E-state index contributed by atoms with van der Waals surface area (Å²) in [7, 11) is 1.53. The average molecular weight is 438 g/mol. The molecule has 0 aliphatic carbocycles. The molecule has 0 heterocycles. The van der Waals surface area contributed by atoms with Crippen LogP contribution in [0.25, 0.3) is 0 Å². The summed E-state index contributed by atoms with van der Waals surface area (Å²) in [5.74, 6) is 0.466. The second-order valence-electron chi connectivity index (χ2n) is 6.86. The monoisotopic (exact) mass is 437 g/mol. The molecule has 0 saturated heterocycles. The van der Waals surface area contributed by atoms with Gasteiger partial charge in [0.2, 0.25) is 0 Å². The summed E-state index contributed by atoms with van der Waals surface area (Å²) in [6.45, 7) is 5.57. The van der Waals surface area contributed by atoms with Crippen LogP contribution in [0.3, 0.4) is 0 Å². The highest BCUT2D eigenvalue weighted by Crippen LogP contribution is 2.36. The smallest absolute Gasteiger partial charge is 0.340 e. The fraction of sp³-hybridized carbons (Fsp3) is 0.381. The predicted octanol–water partition coefficient (Wildman–Crippen LogP) is 3.73. The number of anilines is 1. The van der Waals surface area contributed by atoms with Crippen LogP contribution in [0.5, 0.6) is 17.2 Å². The summed E-state index contributed by atoms with van der Waals surface area (Å²) in [6.07, 6.45) is 0. The maximum Gasteiger partial charge on any atom is 0.340 e. The quantitative estimate of drug-likeness (QED) is 0.628. The van der Waals surface area contributed by atoms with Crippen LogP contribution < -0.4 is 18.9 Å². The number of aryl methyl sites for hydroxylation is 1. The minimum Gasteiger partial charge on any atom is -0.496 e. The second-order valence-corrected chi connectivity index (χ2v) is 8.52. The third-order valence-corrected chi connectivity index (χ3v) is 6.12. The second kappa shape index (κ2) is 9.25. The Morgan fingerprint density at radius 2 is 1.47 bits per heavy atom. The first-order chi connectivity index (χ1) is 14.1. The Labute approximate surface area is 177 Å². The van der Waals surface area contributed by atoms with E-state index in [-0.39, 0.29) is 33.6 Å². The Hall–Kier alpha value is -2.94. The molecule has 0 radical (unpaired) electrons. The molecular formula is C21H27NO7S. The van der Waals surface area contributed by atoms with Crippen LogP contribution >= 0.6 is 0 Å². The summed E-state index contributed by atoms with van der Waals surface area (Å²) in [5, 5.41) is 0. The molecule has 0 saturated carbocycles. The van der Waals surface area contributed by atoms with Gasteiger partial charge in [0.15, 0.2) is 11.5 Å². The number of sulfonamides is 1. The largest absolute Gasteiger partial charge is 0.496 e. The maximum absolute atomic E-state index is 13.2. The molecule has 1 N–H and O–H groups in total. The van der Waals surface area contributed by atoms with Crippen molar-refractivity contribution in [2.24, 2.45) is 0 Å². The summed E-state index contributed by atoms with van der Waals surface area (Å²) < 4.78 is 49.6. The number of hydrogen-bond acceptors (Lipinski definition) is 7. The van der Waals surface area contributed by atoms with Crippen LogP contribution in [0, 0.1) is 6.92 Å². The van der Waals surface area contributed by atoms with Gasteiger partial charge in [-0.25, -0.2) is 13.2 Å². The lowest BCUT2D eigenvalue weighted by molar-refractivity contribution is 0.0601. The Balaban J connectivity index is 2.64. The lowest BCUT2D eigenvalue weighted by atomic mass is 10.0. The highest BCUT2D eigenvalue weighted by atomic mass is 32.2. The molecule has 0 spiro atoms. The first-order valence-corrected chi connectivity index (χ1v) is 10.6. The van der Waals surface area contributed by atoms with Gasteiger partial charge in [-0.3, -0.25) is 4.72 Å². The van der Waals surface area contributed by atoms with E-state index in [0.717, 1.165) is 5.56 Å². The molecule has 0 aromatic heterocycles. The van der Waals surface area contributed by atoms with Crippen molar-refractivity contribution in [3.05, 3.63) is 41.0 Å². The van der Waals surface area contributed by atoms with Crippen LogP contribution in [0.1, 0.15) is 41.3 Å². The molecular weight excluding hydrogens is 410 g/mol. The van der Waals surface area contributed by atoms with E-state index in [4.69, 9.17) is 18.9 Å². The van der Waals surface area contributed by atoms with Gasteiger partial charge in [0.05, 0.1) is 44.6 Å². The number of benzene rings is 2. The summed E-state index contributed by atoms with van der Waals surface area (Å²) in [6, 6.07) is 6.01.